The van der Waals surface area contributed by atoms with Crippen molar-refractivity contribution in [1.29, 1.82) is 0 Å². The van der Waals surface area contributed by atoms with Crippen LogP contribution in [0.1, 0.15) is 6.92 Å². The van der Waals surface area contributed by atoms with Crippen LogP contribution in [0.2, 0.25) is 0 Å². The molecular weight excluding hydrogens is 177 g/mol. The first-order chi connectivity index (χ1) is 3.41. The van der Waals surface area contributed by atoms with E-state index in [1.165, 1.54) is 0 Å². The van der Waals surface area contributed by atoms with Crippen LogP contribution in [-0.4, -0.2) is 11.5 Å². The van der Waals surface area contributed by atoms with Crippen molar-refractivity contribution in [3.63, 3.8) is 0 Å². The monoisotopic (exact) mass is 195 g/mol. The fourth-order valence-electron chi connectivity index (χ4n) is 0. The highest BCUT2D eigenvalue weighted by Crippen LogP contribution is 2.11. The summed E-state index contributed by atoms with van der Waals surface area (Å²) in [5, 5.41) is 8.93. The van der Waals surface area contributed by atoms with E-state index in [0.29, 0.717) is 0 Å². The third-order valence-corrected chi connectivity index (χ3v) is 0. The zero-order valence-electron chi connectivity index (χ0n) is 7.23. The van der Waals surface area contributed by atoms with E-state index in [4.69, 9.17) is 24.4 Å². The van der Waals surface area contributed by atoms with Crippen molar-refractivity contribution in [3.05, 3.63) is 0 Å². The van der Waals surface area contributed by atoms with Crippen LogP contribution in [-0.2, 0) is 4.57 Å². The van der Waals surface area contributed by atoms with E-state index in [1.807, 2.05) is 0 Å². The zero-order valence-corrected chi connectivity index (χ0v) is 8.13. The molecule has 76 valence electrons. The summed E-state index contributed by atoms with van der Waals surface area (Å²) >= 11 is 0. The summed E-state index contributed by atoms with van der Waals surface area (Å²) in [6.07, 6.45) is 0. The van der Waals surface area contributed by atoms with Crippen molar-refractivity contribution in [2.75, 3.05) is 6.61 Å². The van der Waals surface area contributed by atoms with Crippen LogP contribution in [0, 0.1) is 0 Å². The molecule has 0 saturated heterocycles. The average molecular weight is 195 g/mol. The SMILES string of the molecule is CC[O-].O=P([O-])([O-])O.[NH4+].[NH4+].[NH4+]. The first-order valence-electron chi connectivity index (χ1n) is 1.74. The molecule has 0 heterocycles. The van der Waals surface area contributed by atoms with Gasteiger partial charge in [-0.1, -0.05) is 6.92 Å². The fraction of sp³-hybridized carbons (Fsp3) is 1.00. The number of rotatable bonds is 0. The lowest BCUT2D eigenvalue weighted by molar-refractivity contribution is -0.361. The Kier molecular flexibility index (Phi) is 45.9. The summed E-state index contributed by atoms with van der Waals surface area (Å²) in [4.78, 5) is 24.3. The van der Waals surface area contributed by atoms with Crippen LogP contribution in [0.3, 0.4) is 0 Å². The van der Waals surface area contributed by atoms with E-state index in [0.717, 1.165) is 0 Å². The van der Waals surface area contributed by atoms with Gasteiger partial charge in [-0.15, -0.1) is 6.61 Å². The van der Waals surface area contributed by atoms with Crippen molar-refractivity contribution in [1.82, 2.24) is 18.5 Å². The summed E-state index contributed by atoms with van der Waals surface area (Å²) in [5.41, 5.74) is 0. The molecule has 0 radical (unpaired) electrons. The minimum atomic E-state index is -5.14. The lowest BCUT2D eigenvalue weighted by Crippen LogP contribution is -2.11. The van der Waals surface area contributed by atoms with Gasteiger partial charge in [0.05, 0.1) is 7.82 Å². The van der Waals surface area contributed by atoms with Crippen molar-refractivity contribution >= 4 is 7.82 Å². The molecule has 0 aromatic rings. The Balaban J connectivity index is -0.0000000183. The first-order valence-corrected chi connectivity index (χ1v) is 3.24. The second-order valence-corrected chi connectivity index (χ2v) is 1.69. The Hall–Kier alpha value is -0.0500. The first kappa shape index (κ1) is 30.6. The molecule has 9 heteroatoms. The second-order valence-electron chi connectivity index (χ2n) is 0.757. The molecule has 0 amide bonds. The van der Waals surface area contributed by atoms with Crippen molar-refractivity contribution < 1.29 is 24.4 Å². The molecule has 0 fully saturated rings. The van der Waals surface area contributed by atoms with Crippen LogP contribution in [0.15, 0.2) is 0 Å². The van der Waals surface area contributed by atoms with Gasteiger partial charge in [0.1, 0.15) is 0 Å². The zero-order chi connectivity index (χ0) is 7.21. The summed E-state index contributed by atoms with van der Waals surface area (Å²) < 4.78 is 8.66. The van der Waals surface area contributed by atoms with E-state index in [9.17, 15) is 0 Å². The number of hydrogen-bond donors (Lipinski definition) is 4. The highest BCUT2D eigenvalue weighted by atomic mass is 31.2. The van der Waals surface area contributed by atoms with Crippen LogP contribution >= 0.6 is 7.82 Å². The molecule has 0 saturated carbocycles. The van der Waals surface area contributed by atoms with Crippen LogP contribution in [0.5, 0.6) is 0 Å². The Labute approximate surface area is 65.2 Å². The molecule has 8 nitrogen and oxygen atoms in total. The van der Waals surface area contributed by atoms with E-state index < -0.39 is 7.82 Å². The number of quaternary nitrogens is 3. The number of phosphoric acid groups is 1. The third kappa shape index (κ3) is 252000. The molecule has 0 aliphatic carbocycles. The highest BCUT2D eigenvalue weighted by molar-refractivity contribution is 7.42. The number of hydrogen-bond acceptors (Lipinski definition) is 4. The standard InChI is InChI=1S/C2H5O.3H3N.H3O4P/c1-2-3;;;;1-5(2,3)4/h2H2,1H3;3*1H3;(H3,1,2,3,4)/q-1;;;;/p+1. The van der Waals surface area contributed by atoms with Gasteiger partial charge >= 0.3 is 0 Å². The molecule has 0 aliphatic heterocycles. The van der Waals surface area contributed by atoms with E-state index in [2.05, 4.69) is 0 Å². The summed E-state index contributed by atoms with van der Waals surface area (Å²) in [6.45, 7) is 1.57. The molecule has 0 atom stereocenters. The van der Waals surface area contributed by atoms with Gasteiger partial charge in [0.2, 0.25) is 0 Å². The maximum absolute atomic E-state index is 8.93. The molecule has 11 heavy (non-hydrogen) atoms. The van der Waals surface area contributed by atoms with Gasteiger partial charge in [-0.25, -0.2) is 0 Å². The van der Waals surface area contributed by atoms with E-state index in [1.54, 1.807) is 6.92 Å². The van der Waals surface area contributed by atoms with Gasteiger partial charge in [-0.3, -0.25) is 0 Å². The molecule has 0 aromatic heterocycles. The summed E-state index contributed by atoms with van der Waals surface area (Å²) in [6, 6.07) is 0. The van der Waals surface area contributed by atoms with E-state index >= 15 is 0 Å². The largest absolute Gasteiger partial charge is 0.855 e. The normalized spacial score (nSPS) is 7.00. The lowest BCUT2D eigenvalue weighted by Gasteiger charge is -2.19. The molecule has 0 spiro atoms. The van der Waals surface area contributed by atoms with Crippen LogP contribution in [0.25, 0.3) is 0 Å². The maximum atomic E-state index is 8.93. The Morgan fingerprint density at radius 1 is 1.27 bits per heavy atom. The smallest absolute Gasteiger partial charge is 0.0557 e. The van der Waals surface area contributed by atoms with Crippen LogP contribution in [0.4, 0.5) is 0 Å². The predicted molar refractivity (Wildman–Crippen MR) is 38.3 cm³/mol. The van der Waals surface area contributed by atoms with Crippen LogP contribution < -0.4 is 33.3 Å². The molecule has 0 bridgehead atoms. The maximum Gasteiger partial charge on any atom is 0.0557 e. The summed E-state index contributed by atoms with van der Waals surface area (Å²) in [5.74, 6) is 0. The minimum absolute atomic E-state index is 0. The van der Waals surface area contributed by atoms with Gasteiger partial charge in [0.15, 0.2) is 0 Å². The Bertz CT molecular complexity index is 75.5. The predicted octanol–water partition coefficient (Wildman–Crippen LogP) is -1.70. The lowest BCUT2D eigenvalue weighted by atomic mass is 10.9. The van der Waals surface area contributed by atoms with Gasteiger partial charge in [-0.05, 0) is 0 Å². The van der Waals surface area contributed by atoms with Gasteiger partial charge in [-0.2, -0.15) is 0 Å². The quantitative estimate of drug-likeness (QED) is 0.331. The average Bonchev–Trinajstić information content (AvgIpc) is 1.27. The highest BCUT2D eigenvalue weighted by Gasteiger charge is 1.64. The Morgan fingerprint density at radius 3 is 1.27 bits per heavy atom. The van der Waals surface area contributed by atoms with Crippen molar-refractivity contribution in [2.24, 2.45) is 0 Å². The molecule has 0 rings (SSSR count). The second kappa shape index (κ2) is 16.5. The van der Waals surface area contributed by atoms with Crippen molar-refractivity contribution in [2.45, 2.75) is 6.92 Å². The minimum Gasteiger partial charge on any atom is -0.855 e. The van der Waals surface area contributed by atoms with Gasteiger partial charge in [0.25, 0.3) is 0 Å². The molecule has 0 aliphatic rings. The molecule has 13 N–H and O–H groups in total. The third-order valence-electron chi connectivity index (χ3n) is 0. The van der Waals surface area contributed by atoms with Gasteiger partial charge in [0, 0.05) is 0 Å². The van der Waals surface area contributed by atoms with E-state index in [-0.39, 0.29) is 25.1 Å². The fourth-order valence-corrected chi connectivity index (χ4v) is 0. The van der Waals surface area contributed by atoms with Crippen molar-refractivity contribution in [3.8, 4) is 0 Å². The Morgan fingerprint density at radius 2 is 1.27 bits per heavy atom. The molecule has 0 aromatic carbocycles. The van der Waals surface area contributed by atoms with Gasteiger partial charge < -0.3 is 42.8 Å². The molecular formula is C2H18N3O5P. The summed E-state index contributed by atoms with van der Waals surface area (Å²) in [7, 11) is -5.14. The topological polar surface area (TPSA) is 216 Å². The molecule has 0 unspecified atom stereocenters.